The van der Waals surface area contributed by atoms with E-state index >= 15 is 0 Å². The summed E-state index contributed by atoms with van der Waals surface area (Å²) in [6.07, 6.45) is 0. The second kappa shape index (κ2) is 5.79. The number of aromatic nitrogens is 1. The molecule has 2 aromatic rings. The quantitative estimate of drug-likeness (QED) is 0.772. The van der Waals surface area contributed by atoms with Gasteiger partial charge in [0.15, 0.2) is 5.58 Å². The molecule has 1 aromatic carbocycles. The molecule has 0 bridgehead atoms. The minimum Gasteiger partial charge on any atom is -0.490 e. The van der Waals surface area contributed by atoms with Crippen LogP contribution in [0.1, 0.15) is 13.8 Å². The van der Waals surface area contributed by atoms with Crippen LogP contribution in [0.15, 0.2) is 21.3 Å². The van der Waals surface area contributed by atoms with Crippen molar-refractivity contribution < 1.29 is 9.15 Å². The minimum atomic E-state index is -0.491. The second-order valence-corrected chi connectivity index (χ2v) is 4.28. The minimum absolute atomic E-state index is 0.443. The predicted molar refractivity (Wildman–Crippen MR) is 74.5 cm³/mol. The van der Waals surface area contributed by atoms with Gasteiger partial charge in [-0.25, -0.2) is 4.79 Å². The number of oxazole rings is 1. The second-order valence-electron chi connectivity index (χ2n) is 4.28. The maximum absolute atomic E-state index is 11.1. The molecule has 6 nitrogen and oxygen atoms in total. The summed E-state index contributed by atoms with van der Waals surface area (Å²) in [4.78, 5) is 15.9. The summed E-state index contributed by atoms with van der Waals surface area (Å²) >= 11 is 0. The van der Waals surface area contributed by atoms with Gasteiger partial charge in [0.2, 0.25) is 0 Å². The van der Waals surface area contributed by atoms with Crippen LogP contribution in [0.4, 0.5) is 5.69 Å². The summed E-state index contributed by atoms with van der Waals surface area (Å²) in [5.74, 6) is 0.0754. The number of nitrogen functional groups attached to an aromatic ring is 1. The number of benzene rings is 1. The van der Waals surface area contributed by atoms with Crippen molar-refractivity contribution in [2.24, 2.45) is 0 Å². The third kappa shape index (κ3) is 3.08. The lowest BCUT2D eigenvalue weighted by Crippen LogP contribution is -2.28. The van der Waals surface area contributed by atoms with E-state index in [4.69, 9.17) is 14.9 Å². The summed E-state index contributed by atoms with van der Waals surface area (Å²) in [7, 11) is 0. The lowest BCUT2D eigenvalue weighted by molar-refractivity contribution is 0.223. The molecule has 0 saturated heterocycles. The molecule has 104 valence electrons. The van der Waals surface area contributed by atoms with E-state index in [1.807, 2.05) is 0 Å². The SMILES string of the molecule is CCN(CC)CCOc1cc2[nH]c(=O)oc2cc1N. The van der Waals surface area contributed by atoms with E-state index in [0.29, 0.717) is 29.1 Å². The van der Waals surface area contributed by atoms with Crippen molar-refractivity contribution in [3.05, 3.63) is 22.7 Å². The van der Waals surface area contributed by atoms with E-state index in [1.54, 1.807) is 12.1 Å². The highest BCUT2D eigenvalue weighted by atomic mass is 16.5. The van der Waals surface area contributed by atoms with E-state index in [0.717, 1.165) is 19.6 Å². The highest BCUT2D eigenvalue weighted by Gasteiger charge is 2.08. The van der Waals surface area contributed by atoms with Crippen molar-refractivity contribution >= 4 is 16.8 Å². The highest BCUT2D eigenvalue weighted by Crippen LogP contribution is 2.26. The summed E-state index contributed by atoms with van der Waals surface area (Å²) in [6.45, 7) is 7.60. The average Bonchev–Trinajstić information content (AvgIpc) is 2.74. The number of ether oxygens (including phenoxy) is 1. The van der Waals surface area contributed by atoms with Crippen molar-refractivity contribution in [1.29, 1.82) is 0 Å². The molecule has 0 spiro atoms. The molecule has 2 rings (SSSR count). The molecule has 19 heavy (non-hydrogen) atoms. The van der Waals surface area contributed by atoms with Gasteiger partial charge in [-0.1, -0.05) is 13.8 Å². The predicted octanol–water partition coefficient (Wildman–Crippen LogP) is 1.42. The number of aromatic amines is 1. The number of nitrogens with zero attached hydrogens (tertiary/aromatic N) is 1. The fourth-order valence-electron chi connectivity index (χ4n) is 1.94. The number of H-pyrrole nitrogens is 1. The van der Waals surface area contributed by atoms with E-state index < -0.39 is 5.76 Å². The Morgan fingerprint density at radius 1 is 1.37 bits per heavy atom. The third-order valence-corrected chi connectivity index (χ3v) is 3.11. The van der Waals surface area contributed by atoms with Gasteiger partial charge in [-0.05, 0) is 13.1 Å². The van der Waals surface area contributed by atoms with Crippen molar-refractivity contribution in [3.8, 4) is 5.75 Å². The van der Waals surface area contributed by atoms with Crippen LogP contribution in [0.3, 0.4) is 0 Å². The molecule has 0 aliphatic rings. The van der Waals surface area contributed by atoms with Crippen molar-refractivity contribution in [1.82, 2.24) is 9.88 Å². The number of hydrogen-bond acceptors (Lipinski definition) is 5. The lowest BCUT2D eigenvalue weighted by atomic mass is 10.2. The van der Waals surface area contributed by atoms with Gasteiger partial charge < -0.3 is 19.8 Å². The molecular weight excluding hydrogens is 246 g/mol. The Bertz CT molecular complexity index is 599. The molecule has 0 fully saturated rings. The molecule has 0 radical (unpaired) electrons. The van der Waals surface area contributed by atoms with Gasteiger partial charge in [-0.2, -0.15) is 0 Å². The zero-order chi connectivity index (χ0) is 13.8. The first kappa shape index (κ1) is 13.5. The summed E-state index contributed by atoms with van der Waals surface area (Å²) < 4.78 is 10.6. The number of nitrogens with one attached hydrogen (secondary N) is 1. The highest BCUT2D eigenvalue weighted by molar-refractivity contribution is 5.80. The van der Waals surface area contributed by atoms with Crippen LogP contribution in [0.2, 0.25) is 0 Å². The zero-order valence-electron chi connectivity index (χ0n) is 11.2. The largest absolute Gasteiger partial charge is 0.490 e. The molecule has 0 atom stereocenters. The normalized spacial score (nSPS) is 11.3. The van der Waals surface area contributed by atoms with Crippen molar-refractivity contribution in [2.75, 3.05) is 32.0 Å². The number of anilines is 1. The number of hydrogen-bond donors (Lipinski definition) is 2. The van der Waals surface area contributed by atoms with E-state index in [1.165, 1.54) is 0 Å². The van der Waals surface area contributed by atoms with E-state index in [-0.39, 0.29) is 0 Å². The summed E-state index contributed by atoms with van der Waals surface area (Å²) in [5, 5.41) is 0. The van der Waals surface area contributed by atoms with Gasteiger partial charge in [0, 0.05) is 18.7 Å². The Kier molecular flexibility index (Phi) is 4.11. The Labute approximate surface area is 111 Å². The van der Waals surface area contributed by atoms with Gasteiger partial charge in [0.25, 0.3) is 0 Å². The van der Waals surface area contributed by atoms with Crippen LogP contribution in [0.25, 0.3) is 11.1 Å². The van der Waals surface area contributed by atoms with Gasteiger partial charge in [0.1, 0.15) is 12.4 Å². The average molecular weight is 265 g/mol. The summed E-state index contributed by atoms with van der Waals surface area (Å²) in [6, 6.07) is 3.29. The van der Waals surface area contributed by atoms with Gasteiger partial charge in [-0.15, -0.1) is 0 Å². The van der Waals surface area contributed by atoms with Crippen LogP contribution < -0.4 is 16.2 Å². The summed E-state index contributed by atoms with van der Waals surface area (Å²) in [5.41, 5.74) is 7.37. The standard InChI is InChI=1S/C13H19N3O3/c1-3-16(4-2)5-6-18-11-8-10-12(7-9(11)14)19-13(17)15-10/h7-8H,3-6,14H2,1-2H3,(H,15,17). The van der Waals surface area contributed by atoms with Crippen molar-refractivity contribution in [3.63, 3.8) is 0 Å². The first-order chi connectivity index (χ1) is 9.13. The Morgan fingerprint density at radius 2 is 2.11 bits per heavy atom. The fraction of sp³-hybridized carbons (Fsp3) is 0.462. The molecule has 6 heteroatoms. The van der Waals surface area contributed by atoms with Gasteiger partial charge in [0.05, 0.1) is 11.2 Å². The topological polar surface area (TPSA) is 84.5 Å². The van der Waals surface area contributed by atoms with Crippen LogP contribution in [-0.2, 0) is 0 Å². The Hall–Kier alpha value is -1.95. The molecular formula is C13H19N3O3. The van der Waals surface area contributed by atoms with Crippen molar-refractivity contribution in [2.45, 2.75) is 13.8 Å². The Balaban J connectivity index is 2.07. The number of fused-ring (bicyclic) bond motifs is 1. The maximum atomic E-state index is 11.1. The first-order valence-corrected chi connectivity index (χ1v) is 6.41. The first-order valence-electron chi connectivity index (χ1n) is 6.41. The van der Waals surface area contributed by atoms with Gasteiger partial charge in [-0.3, -0.25) is 4.98 Å². The fourth-order valence-corrected chi connectivity index (χ4v) is 1.94. The third-order valence-electron chi connectivity index (χ3n) is 3.11. The smallest absolute Gasteiger partial charge is 0.417 e. The van der Waals surface area contributed by atoms with E-state index in [2.05, 4.69) is 23.7 Å². The molecule has 0 amide bonds. The maximum Gasteiger partial charge on any atom is 0.417 e. The molecule has 1 aromatic heterocycles. The van der Waals surface area contributed by atoms with E-state index in [9.17, 15) is 4.79 Å². The molecule has 3 N–H and O–H groups in total. The number of likely N-dealkylation sites (N-methyl/N-ethyl adjacent to an activating group) is 1. The molecule has 0 aliphatic heterocycles. The molecule has 0 saturated carbocycles. The van der Waals surface area contributed by atoms with Gasteiger partial charge >= 0.3 is 5.76 Å². The molecule has 0 unspecified atom stereocenters. The Morgan fingerprint density at radius 3 is 2.79 bits per heavy atom. The molecule has 1 heterocycles. The molecule has 0 aliphatic carbocycles. The number of rotatable bonds is 6. The van der Waals surface area contributed by atoms with Crippen LogP contribution >= 0.6 is 0 Å². The van der Waals surface area contributed by atoms with Crippen LogP contribution in [0.5, 0.6) is 5.75 Å². The zero-order valence-corrected chi connectivity index (χ0v) is 11.2. The monoisotopic (exact) mass is 265 g/mol. The lowest BCUT2D eigenvalue weighted by Gasteiger charge is -2.18. The van der Waals surface area contributed by atoms with Crippen LogP contribution in [0, 0.1) is 0 Å². The van der Waals surface area contributed by atoms with Crippen LogP contribution in [-0.4, -0.2) is 36.1 Å². The number of nitrogens with two attached hydrogens (primary N) is 1.